The number of hydrogen-bond acceptors (Lipinski definition) is 6. The summed E-state index contributed by atoms with van der Waals surface area (Å²) in [6, 6.07) is 4.37. The van der Waals surface area contributed by atoms with E-state index in [2.05, 4.69) is 57.8 Å². The molecule has 0 saturated carbocycles. The van der Waals surface area contributed by atoms with E-state index in [1.54, 1.807) is 13.3 Å². The van der Waals surface area contributed by atoms with Crippen LogP contribution in [-0.4, -0.2) is 45.8 Å². The summed E-state index contributed by atoms with van der Waals surface area (Å²) in [6.45, 7) is 8.33. The normalized spacial score (nSPS) is 15.5. The minimum Gasteiger partial charge on any atom is -0.381 e. The summed E-state index contributed by atoms with van der Waals surface area (Å²) < 4.78 is 7.73. The largest absolute Gasteiger partial charge is 0.381 e. The topological polar surface area (TPSA) is 68.1 Å². The highest BCUT2D eigenvalue weighted by atomic mass is 16.5. The van der Waals surface area contributed by atoms with Crippen molar-refractivity contribution in [2.45, 2.75) is 45.8 Å². The Morgan fingerprint density at radius 2 is 1.96 bits per heavy atom. The number of fused-ring (bicyclic) bond motifs is 1. The molecule has 4 heterocycles. The number of ether oxygens (including phenoxy) is 1. The molecule has 1 fully saturated rings. The van der Waals surface area contributed by atoms with Gasteiger partial charge in [-0.3, -0.25) is 0 Å². The third-order valence-corrected chi connectivity index (χ3v) is 5.43. The second-order valence-corrected chi connectivity index (χ2v) is 7.69. The second kappa shape index (κ2) is 7.75. The van der Waals surface area contributed by atoms with Gasteiger partial charge in [0.2, 0.25) is 5.95 Å². The number of piperidine rings is 1. The number of methoxy groups -OCH3 is 1. The van der Waals surface area contributed by atoms with Crippen LogP contribution in [0.4, 0.5) is 17.6 Å². The lowest BCUT2D eigenvalue weighted by Crippen LogP contribution is -2.37. The Kier molecular flexibility index (Phi) is 5.17. The summed E-state index contributed by atoms with van der Waals surface area (Å²) in [4.78, 5) is 16.0. The molecule has 0 amide bonds. The van der Waals surface area contributed by atoms with E-state index in [1.165, 1.54) is 16.5 Å². The molecule has 3 aromatic heterocycles. The van der Waals surface area contributed by atoms with Crippen LogP contribution >= 0.6 is 0 Å². The number of hydrogen-bond donors (Lipinski definition) is 1. The van der Waals surface area contributed by atoms with Crippen molar-refractivity contribution in [2.24, 2.45) is 0 Å². The summed E-state index contributed by atoms with van der Waals surface area (Å²) in [5.74, 6) is 2.29. The molecule has 0 aliphatic carbocycles. The first kappa shape index (κ1) is 18.7. The molecule has 1 N–H and O–H groups in total. The van der Waals surface area contributed by atoms with Crippen LogP contribution in [0, 0.1) is 6.92 Å². The maximum atomic E-state index is 5.45. The zero-order valence-corrected chi connectivity index (χ0v) is 17.0. The van der Waals surface area contributed by atoms with E-state index in [0.717, 1.165) is 43.5 Å². The molecule has 7 heteroatoms. The number of pyridine rings is 1. The number of aryl methyl sites for hydroxylation is 1. The predicted molar refractivity (Wildman–Crippen MR) is 112 cm³/mol. The first-order valence-corrected chi connectivity index (χ1v) is 9.90. The zero-order chi connectivity index (χ0) is 19.7. The van der Waals surface area contributed by atoms with Crippen molar-refractivity contribution in [1.29, 1.82) is 0 Å². The highest BCUT2D eigenvalue weighted by Crippen LogP contribution is 2.27. The Morgan fingerprint density at radius 3 is 2.68 bits per heavy atom. The van der Waals surface area contributed by atoms with Gasteiger partial charge in [0.1, 0.15) is 11.6 Å². The van der Waals surface area contributed by atoms with Crippen molar-refractivity contribution in [1.82, 2.24) is 19.5 Å². The Balaban J connectivity index is 1.55. The standard InChI is InChI=1S/C21H28N6O/c1-14(2)27-13-15(3)17-12-23-20(11-18(17)27)24-19-5-8-22-21(25-19)26-9-6-16(28-4)7-10-26/h5,8,11-14,16H,6-7,9-10H2,1-4H3,(H,22,23,24,25). The van der Waals surface area contributed by atoms with Gasteiger partial charge in [0, 0.05) is 56.3 Å². The highest BCUT2D eigenvalue weighted by molar-refractivity contribution is 5.85. The van der Waals surface area contributed by atoms with Gasteiger partial charge in [-0.25, -0.2) is 9.97 Å². The van der Waals surface area contributed by atoms with Gasteiger partial charge in [-0.1, -0.05) is 0 Å². The molecular formula is C21H28N6O. The van der Waals surface area contributed by atoms with Crippen molar-refractivity contribution in [3.05, 3.63) is 36.3 Å². The third-order valence-electron chi connectivity index (χ3n) is 5.43. The average Bonchev–Trinajstić information content (AvgIpc) is 3.04. The Hall–Kier alpha value is -2.67. The molecule has 1 saturated heterocycles. The van der Waals surface area contributed by atoms with Gasteiger partial charge >= 0.3 is 0 Å². The molecular weight excluding hydrogens is 352 g/mol. The van der Waals surface area contributed by atoms with Crippen LogP contribution in [0.3, 0.4) is 0 Å². The van der Waals surface area contributed by atoms with Crippen LogP contribution in [0.1, 0.15) is 38.3 Å². The van der Waals surface area contributed by atoms with Crippen molar-refractivity contribution in [3.8, 4) is 0 Å². The van der Waals surface area contributed by atoms with Gasteiger partial charge in [-0.15, -0.1) is 0 Å². The fourth-order valence-electron chi connectivity index (χ4n) is 3.80. The smallest absolute Gasteiger partial charge is 0.227 e. The second-order valence-electron chi connectivity index (χ2n) is 7.69. The van der Waals surface area contributed by atoms with Gasteiger partial charge in [-0.05, 0) is 45.2 Å². The molecule has 0 spiro atoms. The van der Waals surface area contributed by atoms with Crippen molar-refractivity contribution >= 4 is 28.5 Å². The van der Waals surface area contributed by atoms with E-state index in [1.807, 2.05) is 12.3 Å². The van der Waals surface area contributed by atoms with Gasteiger partial charge in [-0.2, -0.15) is 4.98 Å². The Morgan fingerprint density at radius 1 is 1.18 bits per heavy atom. The van der Waals surface area contributed by atoms with Gasteiger partial charge in [0.05, 0.1) is 11.6 Å². The summed E-state index contributed by atoms with van der Waals surface area (Å²) in [6.07, 6.45) is 8.26. The number of nitrogens with zero attached hydrogens (tertiary/aromatic N) is 5. The minimum atomic E-state index is 0.342. The number of anilines is 3. The SMILES string of the molecule is COC1CCN(c2nccc(Nc3cc4c(cn3)c(C)cn4C(C)C)n2)CC1. The van der Waals surface area contributed by atoms with Gasteiger partial charge in [0.15, 0.2) is 0 Å². The maximum Gasteiger partial charge on any atom is 0.227 e. The van der Waals surface area contributed by atoms with Crippen molar-refractivity contribution < 1.29 is 4.74 Å². The summed E-state index contributed by atoms with van der Waals surface area (Å²) in [7, 11) is 1.78. The van der Waals surface area contributed by atoms with Crippen LogP contribution in [-0.2, 0) is 4.74 Å². The van der Waals surface area contributed by atoms with E-state index in [0.29, 0.717) is 12.1 Å². The fraction of sp³-hybridized carbons (Fsp3) is 0.476. The summed E-state index contributed by atoms with van der Waals surface area (Å²) >= 11 is 0. The van der Waals surface area contributed by atoms with Crippen LogP contribution in [0.15, 0.2) is 30.7 Å². The molecule has 0 aromatic carbocycles. The molecule has 0 atom stereocenters. The molecule has 148 valence electrons. The van der Waals surface area contributed by atoms with Crippen LogP contribution in [0.25, 0.3) is 10.9 Å². The van der Waals surface area contributed by atoms with Crippen molar-refractivity contribution in [2.75, 3.05) is 30.4 Å². The highest BCUT2D eigenvalue weighted by Gasteiger charge is 2.20. The number of aromatic nitrogens is 4. The van der Waals surface area contributed by atoms with Gasteiger partial charge in [0.25, 0.3) is 0 Å². The molecule has 4 rings (SSSR count). The molecule has 1 aliphatic rings. The lowest BCUT2D eigenvalue weighted by molar-refractivity contribution is 0.0816. The number of nitrogens with one attached hydrogen (secondary N) is 1. The summed E-state index contributed by atoms with van der Waals surface area (Å²) in [5, 5.41) is 4.53. The lowest BCUT2D eigenvalue weighted by atomic mass is 10.1. The van der Waals surface area contributed by atoms with E-state index in [4.69, 9.17) is 9.72 Å². The first-order valence-electron chi connectivity index (χ1n) is 9.90. The average molecular weight is 380 g/mol. The summed E-state index contributed by atoms with van der Waals surface area (Å²) in [5.41, 5.74) is 2.42. The van der Waals surface area contributed by atoms with Gasteiger partial charge < -0.3 is 19.5 Å². The van der Waals surface area contributed by atoms with E-state index < -0.39 is 0 Å². The van der Waals surface area contributed by atoms with E-state index in [9.17, 15) is 0 Å². The Bertz CT molecular complexity index is 959. The van der Waals surface area contributed by atoms with E-state index in [-0.39, 0.29) is 0 Å². The minimum absolute atomic E-state index is 0.342. The van der Waals surface area contributed by atoms with Crippen LogP contribution < -0.4 is 10.2 Å². The van der Waals surface area contributed by atoms with Crippen molar-refractivity contribution in [3.63, 3.8) is 0 Å². The third kappa shape index (κ3) is 3.67. The molecule has 0 radical (unpaired) electrons. The number of rotatable bonds is 5. The maximum absolute atomic E-state index is 5.45. The first-order chi connectivity index (χ1) is 13.5. The molecule has 28 heavy (non-hydrogen) atoms. The fourth-order valence-corrected chi connectivity index (χ4v) is 3.80. The molecule has 0 unspecified atom stereocenters. The lowest BCUT2D eigenvalue weighted by Gasteiger charge is -2.31. The van der Waals surface area contributed by atoms with E-state index >= 15 is 0 Å². The molecule has 3 aromatic rings. The molecule has 1 aliphatic heterocycles. The van der Waals surface area contributed by atoms with Crippen LogP contribution in [0.2, 0.25) is 0 Å². The molecule has 0 bridgehead atoms. The zero-order valence-electron chi connectivity index (χ0n) is 17.0. The predicted octanol–water partition coefficient (Wildman–Crippen LogP) is 4.07. The molecule has 7 nitrogen and oxygen atoms in total. The Labute approximate surface area is 165 Å². The monoisotopic (exact) mass is 380 g/mol. The quantitative estimate of drug-likeness (QED) is 0.719. The van der Waals surface area contributed by atoms with Crippen LogP contribution in [0.5, 0.6) is 0 Å².